The lowest BCUT2D eigenvalue weighted by atomic mass is 9.98. The Morgan fingerprint density at radius 3 is 2.65 bits per heavy atom. The molecule has 1 aromatic rings. The summed E-state index contributed by atoms with van der Waals surface area (Å²) in [5.41, 5.74) is 0.620. The Labute approximate surface area is 155 Å². The van der Waals surface area contributed by atoms with Crippen molar-refractivity contribution in [3.8, 4) is 0 Å². The molecule has 1 amide bonds. The largest absolute Gasteiger partial charge is 0.462 e. The summed E-state index contributed by atoms with van der Waals surface area (Å²) in [6, 6.07) is 2.24. The van der Waals surface area contributed by atoms with E-state index in [1.165, 1.54) is 6.92 Å². The van der Waals surface area contributed by atoms with E-state index in [-0.39, 0.29) is 36.8 Å². The van der Waals surface area contributed by atoms with Gasteiger partial charge in [-0.3, -0.25) is 9.69 Å². The number of hydrogen-bond donors (Lipinski definition) is 1. The second-order valence-corrected chi connectivity index (χ2v) is 5.89. The Morgan fingerprint density at radius 1 is 1.38 bits per heavy atom. The number of anilines is 1. The number of carbonyl (C=O) groups is 2. The maximum Gasteiger partial charge on any atom is 0.414 e. The zero-order valence-electron chi connectivity index (χ0n) is 14.1. The van der Waals surface area contributed by atoms with Gasteiger partial charge in [0.15, 0.2) is 6.10 Å². The van der Waals surface area contributed by atoms with Crippen LogP contribution in [-0.4, -0.2) is 44.4 Å². The molecule has 2 aliphatic heterocycles. The van der Waals surface area contributed by atoms with Crippen molar-refractivity contribution in [3.63, 3.8) is 0 Å². The molecule has 0 radical (unpaired) electrons. The van der Waals surface area contributed by atoms with Gasteiger partial charge in [-0.05, 0) is 30.7 Å². The van der Waals surface area contributed by atoms with E-state index in [0.29, 0.717) is 25.1 Å². The third-order valence-corrected chi connectivity index (χ3v) is 4.07. The van der Waals surface area contributed by atoms with Crippen LogP contribution in [0.4, 0.5) is 19.3 Å². The molecule has 1 N–H and O–H groups in total. The van der Waals surface area contributed by atoms with Gasteiger partial charge < -0.3 is 14.8 Å². The van der Waals surface area contributed by atoms with E-state index in [1.807, 2.05) is 0 Å². The minimum atomic E-state index is -0.732. The van der Waals surface area contributed by atoms with Gasteiger partial charge in [0.1, 0.15) is 18.2 Å². The number of rotatable bonds is 4. The average molecular weight is 389 g/mol. The van der Waals surface area contributed by atoms with Gasteiger partial charge in [0.25, 0.3) is 0 Å². The van der Waals surface area contributed by atoms with Gasteiger partial charge in [-0.15, -0.1) is 12.4 Å². The first-order valence-corrected chi connectivity index (χ1v) is 7.96. The van der Waals surface area contributed by atoms with Crippen molar-refractivity contribution < 1.29 is 27.8 Å². The normalized spacial score (nSPS) is 19.5. The first-order valence-electron chi connectivity index (χ1n) is 7.96. The second kappa shape index (κ2) is 8.46. The summed E-state index contributed by atoms with van der Waals surface area (Å²) in [5, 5.41) is 3.08. The van der Waals surface area contributed by atoms with Crippen LogP contribution in [0.15, 0.2) is 18.2 Å². The highest BCUT2D eigenvalue weighted by atomic mass is 35.5. The number of ether oxygens (including phenoxy) is 2. The first-order chi connectivity index (χ1) is 12.0. The molecule has 6 nitrogen and oxygen atoms in total. The van der Waals surface area contributed by atoms with Crippen LogP contribution in [0, 0.1) is 11.6 Å². The summed E-state index contributed by atoms with van der Waals surface area (Å²) < 4.78 is 38.8. The molecule has 142 valence electrons. The van der Waals surface area contributed by atoms with Crippen molar-refractivity contribution in [1.82, 2.24) is 5.32 Å². The zero-order chi connectivity index (χ0) is 18.0. The molecule has 3 rings (SSSR count). The Balaban J connectivity index is 0.00000243. The van der Waals surface area contributed by atoms with Gasteiger partial charge >= 0.3 is 12.1 Å². The number of amides is 1. The molecule has 2 aliphatic rings. The molecule has 0 aromatic heterocycles. The van der Waals surface area contributed by atoms with Gasteiger partial charge in [-0.25, -0.2) is 13.6 Å². The molecule has 1 atom stereocenters. The molecule has 0 bridgehead atoms. The molecule has 2 heterocycles. The maximum atomic E-state index is 14.5. The predicted octanol–water partition coefficient (Wildman–Crippen LogP) is 2.65. The topological polar surface area (TPSA) is 67.9 Å². The standard InChI is InChI=1S/C17H18F2N2O4.ClH/c1-10(22)24-9-13-8-21(17(23)25-13)12-6-14(18)16(15(19)7-12)11-2-4-20-5-3-11;/h2,6-7,13,20H,3-5,8-9H2,1H3;1H/t13-;/m1./s1. The number of esters is 1. The molecule has 1 fully saturated rings. The molecule has 0 aliphatic carbocycles. The van der Waals surface area contributed by atoms with Gasteiger partial charge in [0.05, 0.1) is 12.2 Å². The van der Waals surface area contributed by atoms with E-state index < -0.39 is 29.8 Å². The maximum absolute atomic E-state index is 14.5. The van der Waals surface area contributed by atoms with E-state index in [2.05, 4.69) is 5.32 Å². The van der Waals surface area contributed by atoms with Crippen molar-refractivity contribution in [2.45, 2.75) is 19.4 Å². The van der Waals surface area contributed by atoms with E-state index in [9.17, 15) is 18.4 Å². The van der Waals surface area contributed by atoms with Gasteiger partial charge in [-0.2, -0.15) is 0 Å². The predicted molar refractivity (Wildman–Crippen MR) is 93.3 cm³/mol. The zero-order valence-corrected chi connectivity index (χ0v) is 14.9. The highest BCUT2D eigenvalue weighted by molar-refractivity contribution is 5.90. The number of carbonyl (C=O) groups excluding carboxylic acids is 2. The fourth-order valence-corrected chi connectivity index (χ4v) is 2.90. The van der Waals surface area contributed by atoms with E-state index >= 15 is 0 Å². The quantitative estimate of drug-likeness (QED) is 0.803. The molecular weight excluding hydrogens is 370 g/mol. The minimum Gasteiger partial charge on any atom is -0.462 e. The van der Waals surface area contributed by atoms with Crippen LogP contribution >= 0.6 is 12.4 Å². The van der Waals surface area contributed by atoms with Crippen molar-refractivity contribution >= 4 is 35.7 Å². The highest BCUT2D eigenvalue weighted by Crippen LogP contribution is 2.31. The molecule has 9 heteroatoms. The fourth-order valence-electron chi connectivity index (χ4n) is 2.90. The Bertz CT molecular complexity index is 718. The lowest BCUT2D eigenvalue weighted by Crippen LogP contribution is -2.27. The molecule has 0 unspecified atom stereocenters. The molecule has 26 heavy (non-hydrogen) atoms. The average Bonchev–Trinajstić information content (AvgIpc) is 2.94. The number of hydrogen-bond acceptors (Lipinski definition) is 5. The summed E-state index contributed by atoms with van der Waals surface area (Å²) in [4.78, 5) is 23.9. The van der Waals surface area contributed by atoms with Crippen LogP contribution in [0.3, 0.4) is 0 Å². The molecule has 1 saturated heterocycles. The van der Waals surface area contributed by atoms with Crippen molar-refractivity contribution in [3.05, 3.63) is 35.4 Å². The fraction of sp³-hybridized carbons (Fsp3) is 0.412. The molecule has 0 spiro atoms. The molecular formula is C17H19ClF2N2O4. The lowest BCUT2D eigenvalue weighted by molar-refractivity contribution is -0.143. The van der Waals surface area contributed by atoms with E-state index in [0.717, 1.165) is 17.0 Å². The number of benzene rings is 1. The van der Waals surface area contributed by atoms with Gasteiger partial charge in [0, 0.05) is 19.0 Å². The number of cyclic esters (lactones) is 1. The van der Waals surface area contributed by atoms with Crippen molar-refractivity contribution in [1.29, 1.82) is 0 Å². The highest BCUT2D eigenvalue weighted by Gasteiger charge is 2.34. The van der Waals surface area contributed by atoms with E-state index in [4.69, 9.17) is 9.47 Å². The monoisotopic (exact) mass is 388 g/mol. The summed E-state index contributed by atoms with van der Waals surface area (Å²) in [5.74, 6) is -1.94. The Hall–Kier alpha value is -2.19. The Morgan fingerprint density at radius 2 is 2.08 bits per heavy atom. The van der Waals surface area contributed by atoms with Crippen molar-refractivity contribution in [2.75, 3.05) is 31.1 Å². The Kier molecular flexibility index (Phi) is 6.55. The second-order valence-electron chi connectivity index (χ2n) is 5.89. The number of halogens is 3. The van der Waals surface area contributed by atoms with Crippen LogP contribution in [0.5, 0.6) is 0 Å². The van der Waals surface area contributed by atoms with Crippen LogP contribution in [0.1, 0.15) is 18.9 Å². The van der Waals surface area contributed by atoms with Gasteiger partial charge in [-0.1, -0.05) is 6.08 Å². The third-order valence-electron chi connectivity index (χ3n) is 4.07. The summed E-state index contributed by atoms with van der Waals surface area (Å²) in [7, 11) is 0. The molecule has 0 saturated carbocycles. The van der Waals surface area contributed by atoms with Crippen LogP contribution in [0.25, 0.3) is 5.57 Å². The number of nitrogens with one attached hydrogen (secondary N) is 1. The van der Waals surface area contributed by atoms with Crippen LogP contribution in [-0.2, 0) is 14.3 Å². The summed E-state index contributed by atoms with van der Waals surface area (Å²) in [6.07, 6.45) is 0.881. The summed E-state index contributed by atoms with van der Waals surface area (Å²) >= 11 is 0. The minimum absolute atomic E-state index is 0. The van der Waals surface area contributed by atoms with Crippen LogP contribution < -0.4 is 10.2 Å². The number of nitrogens with zero attached hydrogens (tertiary/aromatic N) is 1. The third kappa shape index (κ3) is 4.31. The van der Waals surface area contributed by atoms with Crippen molar-refractivity contribution in [2.24, 2.45) is 0 Å². The molecule has 1 aromatic carbocycles. The van der Waals surface area contributed by atoms with Crippen LogP contribution in [0.2, 0.25) is 0 Å². The first kappa shape index (κ1) is 20.1. The lowest BCUT2D eigenvalue weighted by Gasteiger charge is -2.18. The van der Waals surface area contributed by atoms with E-state index in [1.54, 1.807) is 6.08 Å². The SMILES string of the molecule is CC(=O)OC[C@H]1CN(c2cc(F)c(C3=CCNCC3)c(F)c2)C(=O)O1.Cl. The summed E-state index contributed by atoms with van der Waals surface area (Å²) in [6.45, 7) is 2.42. The smallest absolute Gasteiger partial charge is 0.414 e. The van der Waals surface area contributed by atoms with Gasteiger partial charge in [0.2, 0.25) is 0 Å².